The molecule has 0 spiro atoms. The Morgan fingerprint density at radius 2 is 1.75 bits per heavy atom. The summed E-state index contributed by atoms with van der Waals surface area (Å²) in [6.45, 7) is 8.19. The number of carbonyl (C=O) groups is 1. The van der Waals surface area contributed by atoms with Gasteiger partial charge in [0.2, 0.25) is 0 Å². The first-order valence-electron chi connectivity index (χ1n) is 10.6. The topological polar surface area (TPSA) is 40.5 Å². The molecule has 5 heteroatoms. The summed E-state index contributed by atoms with van der Waals surface area (Å²) in [4.78, 5) is 17.3. The third-order valence-corrected chi connectivity index (χ3v) is 6.18. The molecule has 0 unspecified atom stereocenters. The van der Waals surface area contributed by atoms with E-state index >= 15 is 0 Å². The number of benzene rings is 1. The predicted octanol–water partition coefficient (Wildman–Crippen LogP) is 2.64. The fourth-order valence-electron chi connectivity index (χ4n) is 4.48. The zero-order valence-corrected chi connectivity index (χ0v) is 17.2. The molecule has 1 aliphatic carbocycles. The fourth-order valence-corrected chi connectivity index (χ4v) is 4.48. The smallest absolute Gasteiger partial charge is 0.251 e. The molecule has 1 aromatic carbocycles. The minimum absolute atomic E-state index is 0.0203. The molecule has 0 bridgehead atoms. The maximum Gasteiger partial charge on any atom is 0.251 e. The number of likely N-dealkylation sites (N-methyl/N-ethyl adjacent to an activating group) is 1. The molecule has 150 valence electrons. The number of piperazine rings is 1. The van der Waals surface area contributed by atoms with Gasteiger partial charge in [0.15, 0.2) is 0 Å². The summed E-state index contributed by atoms with van der Waals surface area (Å²) < 4.78 is 2.36. The van der Waals surface area contributed by atoms with E-state index in [0.29, 0.717) is 6.54 Å². The van der Waals surface area contributed by atoms with Crippen LogP contribution in [0.4, 0.5) is 0 Å². The molecule has 2 aliphatic rings. The summed E-state index contributed by atoms with van der Waals surface area (Å²) in [7, 11) is 2.16. The van der Waals surface area contributed by atoms with Gasteiger partial charge in [0.05, 0.1) is 0 Å². The van der Waals surface area contributed by atoms with Gasteiger partial charge in [0, 0.05) is 61.9 Å². The Labute approximate surface area is 168 Å². The Morgan fingerprint density at radius 1 is 1.04 bits per heavy atom. The first-order chi connectivity index (χ1) is 13.6. The quantitative estimate of drug-likeness (QED) is 0.867. The van der Waals surface area contributed by atoms with Gasteiger partial charge in [-0.15, -0.1) is 0 Å². The van der Waals surface area contributed by atoms with Crippen molar-refractivity contribution in [2.45, 2.75) is 32.6 Å². The highest BCUT2D eigenvalue weighted by Gasteiger charge is 2.18. The second-order valence-corrected chi connectivity index (χ2v) is 8.25. The van der Waals surface area contributed by atoms with Crippen molar-refractivity contribution >= 4 is 5.91 Å². The van der Waals surface area contributed by atoms with Gasteiger partial charge in [-0.05, 0) is 75.5 Å². The van der Waals surface area contributed by atoms with Gasteiger partial charge in [-0.25, -0.2) is 0 Å². The van der Waals surface area contributed by atoms with Crippen LogP contribution in [0, 0.1) is 6.92 Å². The highest BCUT2D eigenvalue weighted by atomic mass is 16.1. The van der Waals surface area contributed by atoms with Crippen molar-refractivity contribution in [3.63, 3.8) is 0 Å². The highest BCUT2D eigenvalue weighted by Crippen LogP contribution is 2.28. The van der Waals surface area contributed by atoms with Crippen LogP contribution >= 0.6 is 0 Å². The van der Waals surface area contributed by atoms with E-state index in [-0.39, 0.29) is 5.91 Å². The SMILES string of the molecule is Cc1cc2c(n1-c1ccc(C(=O)NCCN3CCN(C)CC3)cc1)CCCC2. The third kappa shape index (κ3) is 4.15. The number of hydrogen-bond donors (Lipinski definition) is 1. The van der Waals surface area contributed by atoms with Gasteiger partial charge < -0.3 is 14.8 Å². The minimum Gasteiger partial charge on any atom is -0.351 e. The number of aryl methyl sites for hydroxylation is 2. The first-order valence-corrected chi connectivity index (χ1v) is 10.6. The molecule has 5 nitrogen and oxygen atoms in total. The normalized spacial score (nSPS) is 18.1. The van der Waals surface area contributed by atoms with Gasteiger partial charge in [0.1, 0.15) is 0 Å². The molecule has 1 aromatic heterocycles. The molecular formula is C23H32N4O. The van der Waals surface area contributed by atoms with E-state index < -0.39 is 0 Å². The van der Waals surface area contributed by atoms with Crippen molar-refractivity contribution in [1.82, 2.24) is 19.7 Å². The molecule has 1 fully saturated rings. The standard InChI is InChI=1S/C23H32N4O/c1-18-17-20-5-3-4-6-22(20)27(18)21-9-7-19(8-10-21)23(28)24-11-12-26-15-13-25(2)14-16-26/h7-10,17H,3-6,11-16H2,1-2H3,(H,24,28). The van der Waals surface area contributed by atoms with E-state index in [9.17, 15) is 4.79 Å². The van der Waals surface area contributed by atoms with Gasteiger partial charge >= 0.3 is 0 Å². The lowest BCUT2D eigenvalue weighted by molar-refractivity contribution is 0.0941. The lowest BCUT2D eigenvalue weighted by atomic mass is 9.98. The van der Waals surface area contributed by atoms with Crippen LogP contribution < -0.4 is 5.32 Å². The van der Waals surface area contributed by atoms with Crippen LogP contribution in [-0.2, 0) is 12.8 Å². The first kappa shape index (κ1) is 19.2. The zero-order valence-electron chi connectivity index (χ0n) is 17.2. The summed E-state index contributed by atoms with van der Waals surface area (Å²) in [5.74, 6) is 0.0203. The second-order valence-electron chi connectivity index (χ2n) is 8.25. The van der Waals surface area contributed by atoms with Crippen molar-refractivity contribution in [2.24, 2.45) is 0 Å². The van der Waals surface area contributed by atoms with Crippen molar-refractivity contribution in [2.75, 3.05) is 46.3 Å². The van der Waals surface area contributed by atoms with Crippen LogP contribution in [0.3, 0.4) is 0 Å². The second kappa shape index (κ2) is 8.50. The van der Waals surface area contributed by atoms with E-state index in [1.165, 1.54) is 36.2 Å². The molecule has 0 atom stereocenters. The summed E-state index contributed by atoms with van der Waals surface area (Å²) in [6.07, 6.45) is 4.91. The molecule has 2 heterocycles. The Balaban J connectivity index is 1.36. The lowest BCUT2D eigenvalue weighted by Crippen LogP contribution is -2.46. The molecule has 0 radical (unpaired) electrons. The lowest BCUT2D eigenvalue weighted by Gasteiger charge is -2.32. The molecule has 0 saturated carbocycles. The van der Waals surface area contributed by atoms with Crippen molar-refractivity contribution < 1.29 is 4.79 Å². The molecule has 28 heavy (non-hydrogen) atoms. The minimum atomic E-state index is 0.0203. The number of rotatable bonds is 5. The summed E-state index contributed by atoms with van der Waals surface area (Å²) in [5, 5.41) is 3.07. The molecule has 1 N–H and O–H groups in total. The average Bonchev–Trinajstić information content (AvgIpc) is 3.05. The summed E-state index contributed by atoms with van der Waals surface area (Å²) in [6, 6.07) is 10.4. The Bertz CT molecular complexity index is 816. The molecule has 2 aromatic rings. The zero-order chi connectivity index (χ0) is 19.5. The third-order valence-electron chi connectivity index (χ3n) is 6.18. The van der Waals surface area contributed by atoms with E-state index in [1.54, 1.807) is 0 Å². The number of hydrogen-bond acceptors (Lipinski definition) is 3. The largest absolute Gasteiger partial charge is 0.351 e. The van der Waals surface area contributed by atoms with Crippen LogP contribution in [0.25, 0.3) is 5.69 Å². The van der Waals surface area contributed by atoms with Gasteiger partial charge in [0.25, 0.3) is 5.91 Å². The maximum absolute atomic E-state index is 12.5. The van der Waals surface area contributed by atoms with Crippen molar-refractivity contribution in [1.29, 1.82) is 0 Å². The monoisotopic (exact) mass is 380 g/mol. The van der Waals surface area contributed by atoms with Crippen LogP contribution in [-0.4, -0.2) is 66.6 Å². The van der Waals surface area contributed by atoms with Crippen LogP contribution in [0.1, 0.15) is 40.2 Å². The van der Waals surface area contributed by atoms with Gasteiger partial charge in [-0.1, -0.05) is 0 Å². The van der Waals surface area contributed by atoms with Gasteiger partial charge in [-0.3, -0.25) is 9.69 Å². The molecule has 1 saturated heterocycles. The molecule has 1 amide bonds. The maximum atomic E-state index is 12.5. The number of fused-ring (bicyclic) bond motifs is 1. The van der Waals surface area contributed by atoms with Crippen molar-refractivity contribution in [3.8, 4) is 5.69 Å². The number of aromatic nitrogens is 1. The Morgan fingerprint density at radius 3 is 2.50 bits per heavy atom. The van der Waals surface area contributed by atoms with Crippen LogP contribution in [0.2, 0.25) is 0 Å². The number of nitrogens with zero attached hydrogens (tertiary/aromatic N) is 3. The van der Waals surface area contributed by atoms with Crippen LogP contribution in [0.5, 0.6) is 0 Å². The fraction of sp³-hybridized carbons (Fsp3) is 0.522. The van der Waals surface area contributed by atoms with E-state index in [2.05, 4.69) is 51.9 Å². The number of carbonyl (C=O) groups excluding carboxylic acids is 1. The summed E-state index contributed by atoms with van der Waals surface area (Å²) in [5.41, 5.74) is 6.13. The van der Waals surface area contributed by atoms with E-state index in [0.717, 1.165) is 50.4 Å². The average molecular weight is 381 g/mol. The summed E-state index contributed by atoms with van der Waals surface area (Å²) >= 11 is 0. The molecule has 1 aliphatic heterocycles. The van der Waals surface area contributed by atoms with E-state index in [4.69, 9.17) is 0 Å². The number of amides is 1. The Hall–Kier alpha value is -2.11. The van der Waals surface area contributed by atoms with E-state index in [1.807, 2.05) is 12.1 Å². The molecular weight excluding hydrogens is 348 g/mol. The molecule has 4 rings (SSSR count). The predicted molar refractivity (Wildman–Crippen MR) is 113 cm³/mol. The van der Waals surface area contributed by atoms with Crippen molar-refractivity contribution in [3.05, 3.63) is 52.8 Å². The van der Waals surface area contributed by atoms with Crippen LogP contribution in [0.15, 0.2) is 30.3 Å². The van der Waals surface area contributed by atoms with Gasteiger partial charge in [-0.2, -0.15) is 0 Å². The highest BCUT2D eigenvalue weighted by molar-refractivity contribution is 5.94. The number of nitrogens with one attached hydrogen (secondary N) is 1. The Kier molecular flexibility index (Phi) is 5.83.